The van der Waals surface area contributed by atoms with E-state index in [9.17, 15) is 4.79 Å². The van der Waals surface area contributed by atoms with Crippen LogP contribution < -0.4 is 11.1 Å². The maximum absolute atomic E-state index is 12.0. The fourth-order valence-corrected chi connectivity index (χ4v) is 2.06. The lowest BCUT2D eigenvalue weighted by molar-refractivity contribution is -0.117. The zero-order valence-electron chi connectivity index (χ0n) is 13.1. The third-order valence-corrected chi connectivity index (χ3v) is 3.35. The van der Waals surface area contributed by atoms with Gasteiger partial charge in [0.25, 0.3) is 0 Å². The first kappa shape index (κ1) is 18.0. The van der Waals surface area contributed by atoms with E-state index in [2.05, 4.69) is 19.2 Å². The molecule has 3 nitrogen and oxygen atoms in total. The second-order valence-electron chi connectivity index (χ2n) is 5.29. The first-order chi connectivity index (χ1) is 9.13. The van der Waals surface area contributed by atoms with Crippen molar-refractivity contribution in [2.45, 2.75) is 78.6 Å². The summed E-state index contributed by atoms with van der Waals surface area (Å²) in [7, 11) is 0. The molecule has 0 aliphatic rings. The average molecular weight is 268 g/mol. The number of hydrogen-bond acceptors (Lipinski definition) is 2. The summed E-state index contributed by atoms with van der Waals surface area (Å²) in [6.45, 7) is 6.92. The van der Waals surface area contributed by atoms with Crippen molar-refractivity contribution in [3.05, 3.63) is 11.3 Å². The van der Waals surface area contributed by atoms with Gasteiger partial charge in [-0.2, -0.15) is 0 Å². The Morgan fingerprint density at radius 2 is 1.53 bits per heavy atom. The SMILES string of the molecule is CCCCCCCC/C(C(=O)NCCCC)=C(\C)N. The van der Waals surface area contributed by atoms with Crippen LogP contribution in [0.2, 0.25) is 0 Å². The van der Waals surface area contributed by atoms with Crippen LogP contribution in [0.15, 0.2) is 11.3 Å². The van der Waals surface area contributed by atoms with Crippen molar-refractivity contribution in [3.63, 3.8) is 0 Å². The van der Waals surface area contributed by atoms with Crippen LogP contribution in [0.4, 0.5) is 0 Å². The van der Waals surface area contributed by atoms with E-state index in [1.165, 1.54) is 32.1 Å². The van der Waals surface area contributed by atoms with Crippen molar-refractivity contribution >= 4 is 5.91 Å². The molecule has 0 spiro atoms. The molecule has 0 aromatic rings. The van der Waals surface area contributed by atoms with Crippen LogP contribution in [-0.4, -0.2) is 12.5 Å². The molecule has 0 aromatic heterocycles. The second kappa shape index (κ2) is 12.1. The Hall–Kier alpha value is -0.990. The largest absolute Gasteiger partial charge is 0.402 e. The number of amides is 1. The van der Waals surface area contributed by atoms with Gasteiger partial charge in [0, 0.05) is 17.8 Å². The monoisotopic (exact) mass is 268 g/mol. The van der Waals surface area contributed by atoms with Crippen LogP contribution in [0, 0.1) is 0 Å². The van der Waals surface area contributed by atoms with Gasteiger partial charge in [-0.25, -0.2) is 0 Å². The van der Waals surface area contributed by atoms with E-state index in [1.54, 1.807) is 0 Å². The number of rotatable bonds is 11. The van der Waals surface area contributed by atoms with Crippen LogP contribution >= 0.6 is 0 Å². The lowest BCUT2D eigenvalue weighted by Crippen LogP contribution is -2.27. The van der Waals surface area contributed by atoms with Gasteiger partial charge in [-0.1, -0.05) is 52.4 Å². The van der Waals surface area contributed by atoms with Gasteiger partial charge in [-0.3, -0.25) is 4.79 Å². The summed E-state index contributed by atoms with van der Waals surface area (Å²) >= 11 is 0. The molecule has 0 heterocycles. The van der Waals surface area contributed by atoms with Crippen LogP contribution in [0.25, 0.3) is 0 Å². The topological polar surface area (TPSA) is 55.1 Å². The maximum Gasteiger partial charge on any atom is 0.248 e. The lowest BCUT2D eigenvalue weighted by atomic mass is 10.0. The molecule has 0 aliphatic heterocycles. The van der Waals surface area contributed by atoms with Gasteiger partial charge in [0.1, 0.15) is 0 Å². The molecule has 0 radical (unpaired) electrons. The zero-order chi connectivity index (χ0) is 14.5. The lowest BCUT2D eigenvalue weighted by Gasteiger charge is -2.10. The molecule has 0 rings (SSSR count). The molecule has 0 fully saturated rings. The van der Waals surface area contributed by atoms with Gasteiger partial charge in [0.15, 0.2) is 0 Å². The third-order valence-electron chi connectivity index (χ3n) is 3.35. The number of carbonyl (C=O) groups excluding carboxylic acids is 1. The fraction of sp³-hybridized carbons (Fsp3) is 0.812. The highest BCUT2D eigenvalue weighted by Crippen LogP contribution is 2.13. The third kappa shape index (κ3) is 9.57. The Balaban J connectivity index is 3.94. The first-order valence-corrected chi connectivity index (χ1v) is 7.86. The van der Waals surface area contributed by atoms with E-state index < -0.39 is 0 Å². The first-order valence-electron chi connectivity index (χ1n) is 7.86. The van der Waals surface area contributed by atoms with E-state index in [0.717, 1.165) is 37.8 Å². The molecule has 0 unspecified atom stereocenters. The highest BCUT2D eigenvalue weighted by Gasteiger charge is 2.10. The van der Waals surface area contributed by atoms with Crippen LogP contribution in [0.3, 0.4) is 0 Å². The molecule has 112 valence electrons. The zero-order valence-corrected chi connectivity index (χ0v) is 13.1. The fourth-order valence-electron chi connectivity index (χ4n) is 2.06. The van der Waals surface area contributed by atoms with Crippen molar-refractivity contribution in [1.29, 1.82) is 0 Å². The molecule has 0 aliphatic carbocycles. The van der Waals surface area contributed by atoms with E-state index in [4.69, 9.17) is 5.73 Å². The number of nitrogens with two attached hydrogens (primary N) is 1. The Kier molecular flexibility index (Phi) is 11.4. The Morgan fingerprint density at radius 3 is 2.11 bits per heavy atom. The molecule has 0 saturated carbocycles. The predicted octanol–water partition coefficient (Wildman–Crippen LogP) is 3.89. The van der Waals surface area contributed by atoms with Crippen LogP contribution in [-0.2, 0) is 4.79 Å². The van der Waals surface area contributed by atoms with Gasteiger partial charge >= 0.3 is 0 Å². The van der Waals surface area contributed by atoms with Gasteiger partial charge in [0.05, 0.1) is 0 Å². The molecule has 19 heavy (non-hydrogen) atoms. The van der Waals surface area contributed by atoms with E-state index in [1.807, 2.05) is 6.92 Å². The molecular formula is C16H32N2O. The summed E-state index contributed by atoms with van der Waals surface area (Å²) in [5, 5.41) is 2.95. The smallest absolute Gasteiger partial charge is 0.248 e. The molecule has 0 atom stereocenters. The average Bonchev–Trinajstić information content (AvgIpc) is 2.37. The molecule has 0 bridgehead atoms. The minimum absolute atomic E-state index is 0.0296. The number of hydrogen-bond donors (Lipinski definition) is 2. The number of allylic oxidation sites excluding steroid dienone is 1. The number of carbonyl (C=O) groups is 1. The Labute approximate surface area is 119 Å². The molecule has 0 aromatic carbocycles. The normalized spacial score (nSPS) is 12.2. The highest BCUT2D eigenvalue weighted by molar-refractivity contribution is 5.93. The van der Waals surface area contributed by atoms with Crippen molar-refractivity contribution < 1.29 is 4.79 Å². The predicted molar refractivity (Wildman–Crippen MR) is 82.8 cm³/mol. The van der Waals surface area contributed by atoms with Gasteiger partial charge in [-0.05, 0) is 26.2 Å². The van der Waals surface area contributed by atoms with E-state index >= 15 is 0 Å². The van der Waals surface area contributed by atoms with E-state index in [-0.39, 0.29) is 5.91 Å². The van der Waals surface area contributed by atoms with Crippen LogP contribution in [0.5, 0.6) is 0 Å². The number of unbranched alkanes of at least 4 members (excludes halogenated alkanes) is 6. The number of nitrogens with one attached hydrogen (secondary N) is 1. The summed E-state index contributed by atoms with van der Waals surface area (Å²) in [6.07, 6.45) is 10.4. The minimum Gasteiger partial charge on any atom is -0.402 e. The van der Waals surface area contributed by atoms with Crippen molar-refractivity contribution in [1.82, 2.24) is 5.32 Å². The van der Waals surface area contributed by atoms with Gasteiger partial charge in [-0.15, -0.1) is 0 Å². The molecule has 1 amide bonds. The highest BCUT2D eigenvalue weighted by atomic mass is 16.1. The second-order valence-corrected chi connectivity index (χ2v) is 5.29. The van der Waals surface area contributed by atoms with E-state index in [0.29, 0.717) is 5.70 Å². The van der Waals surface area contributed by atoms with Crippen molar-refractivity contribution in [2.24, 2.45) is 5.73 Å². The van der Waals surface area contributed by atoms with Gasteiger partial charge < -0.3 is 11.1 Å². The summed E-state index contributed by atoms with van der Waals surface area (Å²) in [4.78, 5) is 12.0. The molecule has 3 N–H and O–H groups in total. The Bertz CT molecular complexity index is 268. The maximum atomic E-state index is 12.0. The quantitative estimate of drug-likeness (QED) is 0.441. The Morgan fingerprint density at radius 1 is 0.947 bits per heavy atom. The van der Waals surface area contributed by atoms with Gasteiger partial charge in [0.2, 0.25) is 5.91 Å². The van der Waals surface area contributed by atoms with Crippen molar-refractivity contribution in [2.75, 3.05) is 6.54 Å². The summed E-state index contributed by atoms with van der Waals surface area (Å²) in [5.74, 6) is 0.0296. The molecule has 3 heteroatoms. The van der Waals surface area contributed by atoms with Crippen molar-refractivity contribution in [3.8, 4) is 0 Å². The standard InChI is InChI=1S/C16H32N2O/c1-4-6-8-9-10-11-12-15(14(3)17)16(19)18-13-7-5-2/h4-13,17H2,1-3H3,(H,18,19)/b15-14-. The minimum atomic E-state index is 0.0296. The summed E-state index contributed by atoms with van der Waals surface area (Å²) < 4.78 is 0. The summed E-state index contributed by atoms with van der Waals surface area (Å²) in [6, 6.07) is 0. The molecular weight excluding hydrogens is 236 g/mol. The van der Waals surface area contributed by atoms with Crippen LogP contribution in [0.1, 0.15) is 78.6 Å². The molecule has 0 saturated heterocycles. The summed E-state index contributed by atoms with van der Waals surface area (Å²) in [5.41, 5.74) is 7.28.